The molecule has 0 amide bonds. The zero-order valence-corrected chi connectivity index (χ0v) is 29.9. The summed E-state index contributed by atoms with van der Waals surface area (Å²) in [7, 11) is 0. The van der Waals surface area contributed by atoms with Gasteiger partial charge in [0.05, 0.1) is 12.8 Å². The van der Waals surface area contributed by atoms with Crippen LogP contribution in [0.4, 0.5) is 0 Å². The molecule has 7 heteroatoms. The van der Waals surface area contributed by atoms with E-state index in [4.69, 9.17) is 14.2 Å². The maximum atomic E-state index is 13.0. The van der Waals surface area contributed by atoms with Gasteiger partial charge in [0.25, 0.3) is 5.79 Å². The third-order valence-electron chi connectivity index (χ3n) is 10.0. The molecule has 0 radical (unpaired) electrons. The first-order valence-electron chi connectivity index (χ1n) is 19.7. The highest BCUT2D eigenvalue weighted by Gasteiger charge is 2.58. The molecule has 0 aromatic carbocycles. The molecule has 2 fully saturated rings. The van der Waals surface area contributed by atoms with Gasteiger partial charge in [-0.1, -0.05) is 174 Å². The number of carbonyl (C=O) groups excluding carboxylic acids is 3. The maximum Gasteiger partial charge on any atom is 0.342 e. The van der Waals surface area contributed by atoms with Crippen LogP contribution < -0.4 is 0 Å². The summed E-state index contributed by atoms with van der Waals surface area (Å²) >= 11 is 0. The Morgan fingerprint density at radius 2 is 0.891 bits per heavy atom. The predicted octanol–water partition coefficient (Wildman–Crippen LogP) is 10.6. The standard InChI is InChI=1S/C39H70O7/c1-3-5-7-9-11-13-15-17-19-21-23-25-27-29-31-39-34(30-28-26-24-22-20-18-16-14-12-10-8-6-4-2)44-35(40)32-38(43,37(42)46-39)33-36(41)45-39/h34,43H,3-33H2,1-2H3. The molecule has 46 heavy (non-hydrogen) atoms. The monoisotopic (exact) mass is 651 g/mol. The zero-order valence-electron chi connectivity index (χ0n) is 29.9. The van der Waals surface area contributed by atoms with E-state index >= 15 is 0 Å². The van der Waals surface area contributed by atoms with Crippen molar-refractivity contribution in [2.75, 3.05) is 0 Å². The topological polar surface area (TPSA) is 99.1 Å². The number of carbonyl (C=O) groups is 3. The lowest BCUT2D eigenvalue weighted by Crippen LogP contribution is -2.55. The number of cyclic esters (lactones) is 1. The number of unbranched alkanes of at least 4 members (excludes halogenated alkanes) is 25. The number of esters is 3. The molecular formula is C39H70O7. The van der Waals surface area contributed by atoms with Crippen molar-refractivity contribution in [2.24, 2.45) is 0 Å². The Morgan fingerprint density at radius 3 is 1.33 bits per heavy atom. The molecule has 2 bridgehead atoms. The fraction of sp³-hybridized carbons (Fsp3) is 0.923. The molecule has 0 saturated carbocycles. The average molecular weight is 651 g/mol. The van der Waals surface area contributed by atoms with Gasteiger partial charge in [0.2, 0.25) is 0 Å². The highest BCUT2D eigenvalue weighted by Crippen LogP contribution is 2.40. The van der Waals surface area contributed by atoms with Crippen LogP contribution in [0.3, 0.4) is 0 Å². The number of fused-ring (bicyclic) bond motifs is 3. The van der Waals surface area contributed by atoms with Gasteiger partial charge in [-0.2, -0.15) is 0 Å². The van der Waals surface area contributed by atoms with E-state index in [1.165, 1.54) is 128 Å². The lowest BCUT2D eigenvalue weighted by Gasteiger charge is -2.39. The Morgan fingerprint density at radius 1 is 0.522 bits per heavy atom. The predicted molar refractivity (Wildman–Crippen MR) is 184 cm³/mol. The number of rotatable bonds is 29. The van der Waals surface area contributed by atoms with Crippen molar-refractivity contribution >= 4 is 17.9 Å². The van der Waals surface area contributed by atoms with E-state index in [1.54, 1.807) is 0 Å². The summed E-state index contributed by atoms with van der Waals surface area (Å²) in [6.07, 6.45) is 31.7. The molecule has 0 spiro atoms. The molecular weight excluding hydrogens is 580 g/mol. The van der Waals surface area contributed by atoms with Crippen molar-refractivity contribution in [1.29, 1.82) is 0 Å². The third-order valence-corrected chi connectivity index (χ3v) is 10.0. The van der Waals surface area contributed by atoms with Gasteiger partial charge >= 0.3 is 17.9 Å². The van der Waals surface area contributed by atoms with Gasteiger partial charge in [0.1, 0.15) is 0 Å². The van der Waals surface area contributed by atoms with Crippen molar-refractivity contribution in [1.82, 2.24) is 0 Å². The molecule has 2 aliphatic heterocycles. The molecule has 2 aliphatic rings. The van der Waals surface area contributed by atoms with E-state index in [9.17, 15) is 19.5 Å². The SMILES string of the molecule is CCCCCCCCCCCCCCCCC12OC(=O)CC(O)(CC(=O)OC1CCCCCCCCCCCCCCC)C(=O)O2. The average Bonchev–Trinajstić information content (AvgIpc) is 3.08. The van der Waals surface area contributed by atoms with Crippen LogP contribution in [0.15, 0.2) is 0 Å². The smallest absolute Gasteiger partial charge is 0.342 e. The van der Waals surface area contributed by atoms with Crippen LogP contribution in [0.5, 0.6) is 0 Å². The first-order chi connectivity index (χ1) is 22.3. The van der Waals surface area contributed by atoms with Gasteiger partial charge in [0.15, 0.2) is 11.7 Å². The minimum absolute atomic E-state index is 0.273. The summed E-state index contributed by atoms with van der Waals surface area (Å²) in [5, 5.41) is 10.8. The normalized spacial score (nSPS) is 23.0. The molecule has 0 aromatic heterocycles. The van der Waals surface area contributed by atoms with Crippen LogP contribution in [0.1, 0.15) is 213 Å². The quantitative estimate of drug-likeness (QED) is 0.0635. The van der Waals surface area contributed by atoms with Gasteiger partial charge in [0, 0.05) is 6.42 Å². The summed E-state index contributed by atoms with van der Waals surface area (Å²) in [5.41, 5.74) is -2.23. The van der Waals surface area contributed by atoms with E-state index in [0.29, 0.717) is 12.8 Å². The lowest BCUT2D eigenvalue weighted by molar-refractivity contribution is -0.273. The second-order valence-electron chi connectivity index (χ2n) is 14.4. The Kier molecular flexibility index (Phi) is 21.6. The van der Waals surface area contributed by atoms with Gasteiger partial charge in [-0.15, -0.1) is 0 Å². The van der Waals surface area contributed by atoms with Gasteiger partial charge in [-0.25, -0.2) is 4.79 Å². The number of hydrogen-bond donors (Lipinski definition) is 1. The summed E-state index contributed by atoms with van der Waals surface area (Å²) in [5.74, 6) is -4.01. The molecule has 3 atom stereocenters. The Balaban J connectivity index is 1.74. The van der Waals surface area contributed by atoms with Crippen LogP contribution >= 0.6 is 0 Å². The molecule has 3 unspecified atom stereocenters. The summed E-state index contributed by atoms with van der Waals surface area (Å²) in [6.45, 7) is 4.51. The minimum Gasteiger partial charge on any atom is -0.454 e. The molecule has 2 saturated heterocycles. The van der Waals surface area contributed by atoms with Gasteiger partial charge < -0.3 is 19.3 Å². The number of ether oxygens (including phenoxy) is 3. The molecule has 2 rings (SSSR count). The van der Waals surface area contributed by atoms with Crippen molar-refractivity contribution in [3.63, 3.8) is 0 Å². The first-order valence-corrected chi connectivity index (χ1v) is 19.7. The number of aliphatic hydroxyl groups is 1. The van der Waals surface area contributed by atoms with Crippen LogP contribution in [0.25, 0.3) is 0 Å². The van der Waals surface area contributed by atoms with Crippen LogP contribution in [-0.4, -0.2) is 40.5 Å². The van der Waals surface area contributed by atoms with Crippen LogP contribution in [-0.2, 0) is 28.6 Å². The van der Waals surface area contributed by atoms with Gasteiger partial charge in [-0.05, 0) is 19.3 Å². The van der Waals surface area contributed by atoms with Crippen molar-refractivity contribution < 1.29 is 33.7 Å². The van der Waals surface area contributed by atoms with E-state index in [2.05, 4.69) is 13.8 Å². The fourth-order valence-electron chi connectivity index (χ4n) is 7.06. The highest BCUT2D eigenvalue weighted by atomic mass is 16.8. The Hall–Kier alpha value is -1.63. The van der Waals surface area contributed by atoms with Crippen molar-refractivity contribution in [2.45, 2.75) is 230 Å². The van der Waals surface area contributed by atoms with Crippen LogP contribution in [0, 0.1) is 0 Å². The van der Waals surface area contributed by atoms with Crippen molar-refractivity contribution in [3.05, 3.63) is 0 Å². The second kappa shape index (κ2) is 24.5. The molecule has 0 aromatic rings. The fourth-order valence-corrected chi connectivity index (χ4v) is 7.06. The van der Waals surface area contributed by atoms with Crippen LogP contribution in [0.2, 0.25) is 0 Å². The maximum absolute atomic E-state index is 13.0. The Labute approximate surface area is 281 Å². The van der Waals surface area contributed by atoms with E-state index in [0.717, 1.165) is 38.5 Å². The van der Waals surface area contributed by atoms with E-state index in [-0.39, 0.29) is 6.42 Å². The molecule has 268 valence electrons. The summed E-state index contributed by atoms with van der Waals surface area (Å²) in [4.78, 5) is 38.6. The Bertz CT molecular complexity index is 829. The summed E-state index contributed by atoms with van der Waals surface area (Å²) in [6, 6.07) is 0. The van der Waals surface area contributed by atoms with Crippen molar-refractivity contribution in [3.8, 4) is 0 Å². The first kappa shape index (κ1) is 40.5. The molecule has 7 nitrogen and oxygen atoms in total. The lowest BCUT2D eigenvalue weighted by atomic mass is 9.93. The molecule has 0 aliphatic carbocycles. The van der Waals surface area contributed by atoms with E-state index in [1.807, 2.05) is 0 Å². The van der Waals surface area contributed by atoms with Gasteiger partial charge in [-0.3, -0.25) is 9.59 Å². The molecule has 2 heterocycles. The molecule has 1 N–H and O–H groups in total. The summed E-state index contributed by atoms with van der Waals surface area (Å²) < 4.78 is 17.4. The third kappa shape index (κ3) is 16.5. The second-order valence-corrected chi connectivity index (χ2v) is 14.4. The zero-order chi connectivity index (χ0) is 33.4. The highest BCUT2D eigenvalue weighted by molar-refractivity contribution is 5.92. The number of hydrogen-bond acceptors (Lipinski definition) is 7. The van der Waals surface area contributed by atoms with E-state index < -0.39 is 48.2 Å². The minimum atomic E-state index is -2.23. The largest absolute Gasteiger partial charge is 0.454 e.